The summed E-state index contributed by atoms with van der Waals surface area (Å²) in [6.07, 6.45) is -0.358. The molecule has 0 spiro atoms. The quantitative estimate of drug-likeness (QED) is 0.596. The molecule has 0 bridgehead atoms. The van der Waals surface area contributed by atoms with Crippen LogP contribution in [0.2, 0.25) is 0 Å². The summed E-state index contributed by atoms with van der Waals surface area (Å²) in [5, 5.41) is 0. The molecule has 3 atom stereocenters. The molecule has 0 unspecified atom stereocenters. The molecule has 1 fully saturated rings. The summed E-state index contributed by atoms with van der Waals surface area (Å²) in [6.45, 7) is 0.0136. The van der Waals surface area contributed by atoms with Crippen LogP contribution in [-0.2, 0) is 14.4 Å². The van der Waals surface area contributed by atoms with E-state index in [0.29, 0.717) is 29.3 Å². The number of amides is 3. The fraction of sp³-hybridized carbons (Fsp3) is 0.250. The van der Waals surface area contributed by atoms with Gasteiger partial charge in [0.1, 0.15) is 11.5 Å². The molecule has 1 saturated heterocycles. The number of nitrogens with zero attached hydrogens (tertiary/aromatic N) is 2. The Balaban J connectivity index is 1.57. The summed E-state index contributed by atoms with van der Waals surface area (Å²) in [7, 11) is 1.59. The zero-order chi connectivity index (χ0) is 25.2. The summed E-state index contributed by atoms with van der Waals surface area (Å²) in [5.41, 5.74) is 7.68. The number of carbonyl (C=O) groups is 3. The lowest BCUT2D eigenvalue weighted by Crippen LogP contribution is -2.54. The molecule has 0 aromatic heterocycles. The average Bonchev–Trinajstić information content (AvgIpc) is 2.92. The fourth-order valence-corrected chi connectivity index (χ4v) is 5.02. The highest BCUT2D eigenvalue weighted by Gasteiger charge is 2.45. The van der Waals surface area contributed by atoms with Gasteiger partial charge in [0.2, 0.25) is 11.8 Å². The van der Waals surface area contributed by atoms with E-state index in [1.165, 1.54) is 0 Å². The van der Waals surface area contributed by atoms with Crippen molar-refractivity contribution in [2.24, 2.45) is 11.7 Å². The number of nitrogens with two attached hydrogens (primary N) is 1. The van der Waals surface area contributed by atoms with Gasteiger partial charge in [-0.15, -0.1) is 0 Å². The van der Waals surface area contributed by atoms with Crippen molar-refractivity contribution in [3.8, 4) is 11.5 Å². The van der Waals surface area contributed by atoms with E-state index in [1.807, 2.05) is 48.5 Å². The zero-order valence-electron chi connectivity index (χ0n) is 19.9. The maximum atomic E-state index is 14.2. The van der Waals surface area contributed by atoms with Crippen molar-refractivity contribution >= 4 is 29.1 Å². The van der Waals surface area contributed by atoms with E-state index in [-0.39, 0.29) is 24.8 Å². The fourth-order valence-electron chi connectivity index (χ4n) is 5.02. The molecular weight excluding hydrogens is 458 g/mol. The predicted octanol–water partition coefficient (Wildman–Crippen LogP) is 3.46. The highest BCUT2D eigenvalue weighted by Crippen LogP contribution is 2.43. The Kier molecular flexibility index (Phi) is 6.33. The normalized spacial score (nSPS) is 21.4. The Morgan fingerprint density at radius 3 is 2.36 bits per heavy atom. The van der Waals surface area contributed by atoms with Crippen molar-refractivity contribution in [1.29, 1.82) is 0 Å². The van der Waals surface area contributed by atoms with Gasteiger partial charge in [-0.2, -0.15) is 0 Å². The van der Waals surface area contributed by atoms with Crippen LogP contribution in [0, 0.1) is 5.92 Å². The summed E-state index contributed by atoms with van der Waals surface area (Å²) in [5.74, 6) is -0.328. The van der Waals surface area contributed by atoms with Crippen molar-refractivity contribution in [3.63, 3.8) is 0 Å². The molecule has 0 aliphatic carbocycles. The van der Waals surface area contributed by atoms with E-state index < -0.39 is 24.0 Å². The third-order valence-electron chi connectivity index (χ3n) is 6.76. The van der Waals surface area contributed by atoms with Crippen LogP contribution in [0.15, 0.2) is 78.9 Å². The molecule has 2 aliphatic heterocycles. The number of para-hydroxylation sites is 2. The molecule has 2 aliphatic rings. The second kappa shape index (κ2) is 9.73. The van der Waals surface area contributed by atoms with Crippen LogP contribution < -0.4 is 25.0 Å². The van der Waals surface area contributed by atoms with E-state index in [4.69, 9.17) is 15.2 Å². The maximum Gasteiger partial charge on any atom is 0.260 e. The number of benzene rings is 3. The van der Waals surface area contributed by atoms with Crippen LogP contribution in [0.5, 0.6) is 11.5 Å². The maximum absolute atomic E-state index is 14.2. The Bertz CT molecular complexity index is 1280. The summed E-state index contributed by atoms with van der Waals surface area (Å²) in [4.78, 5) is 42.8. The average molecular weight is 486 g/mol. The van der Waals surface area contributed by atoms with Crippen LogP contribution in [0.25, 0.3) is 0 Å². The summed E-state index contributed by atoms with van der Waals surface area (Å²) in [6, 6.07) is 23.4. The van der Waals surface area contributed by atoms with Crippen LogP contribution in [0.3, 0.4) is 0 Å². The zero-order valence-corrected chi connectivity index (χ0v) is 19.9. The molecule has 2 N–H and O–H groups in total. The number of rotatable bonds is 5. The second-order valence-electron chi connectivity index (χ2n) is 8.89. The minimum atomic E-state index is -0.957. The van der Waals surface area contributed by atoms with Crippen molar-refractivity contribution in [2.45, 2.75) is 25.0 Å². The van der Waals surface area contributed by atoms with E-state index >= 15 is 0 Å². The molecule has 184 valence electrons. The van der Waals surface area contributed by atoms with Crippen LogP contribution in [-0.4, -0.2) is 37.5 Å². The smallest absolute Gasteiger partial charge is 0.260 e. The molecule has 0 saturated carbocycles. The SMILES string of the molecule is COc1ccc(N2C(=O)CC[C@H](C(=O)N3C[C@@H](C(N)=O)Oc4ccccc43)[C@H]2c2ccccc2)cc1. The number of fused-ring (bicyclic) bond motifs is 1. The van der Waals surface area contributed by atoms with Crippen LogP contribution in [0.1, 0.15) is 24.4 Å². The van der Waals surface area contributed by atoms with Crippen molar-refractivity contribution < 1.29 is 23.9 Å². The van der Waals surface area contributed by atoms with Gasteiger partial charge in [-0.3, -0.25) is 14.4 Å². The third-order valence-corrected chi connectivity index (χ3v) is 6.76. The van der Waals surface area contributed by atoms with E-state index in [1.54, 1.807) is 47.2 Å². The van der Waals surface area contributed by atoms with Gasteiger partial charge in [0.15, 0.2) is 6.10 Å². The lowest BCUT2D eigenvalue weighted by Gasteiger charge is -2.43. The number of hydrogen-bond acceptors (Lipinski definition) is 5. The first-order valence-corrected chi connectivity index (χ1v) is 11.9. The van der Waals surface area contributed by atoms with Gasteiger partial charge in [-0.1, -0.05) is 42.5 Å². The molecule has 3 amide bonds. The lowest BCUT2D eigenvalue weighted by atomic mass is 9.82. The Morgan fingerprint density at radius 2 is 1.67 bits per heavy atom. The first-order chi connectivity index (χ1) is 17.5. The van der Waals surface area contributed by atoms with Gasteiger partial charge in [0.25, 0.3) is 5.91 Å². The number of methoxy groups -OCH3 is 1. The number of carbonyl (C=O) groups excluding carboxylic acids is 3. The van der Waals surface area contributed by atoms with Gasteiger partial charge in [-0.25, -0.2) is 0 Å². The molecule has 36 heavy (non-hydrogen) atoms. The topological polar surface area (TPSA) is 102 Å². The largest absolute Gasteiger partial charge is 0.497 e. The van der Waals surface area contributed by atoms with E-state index in [2.05, 4.69) is 0 Å². The summed E-state index contributed by atoms with van der Waals surface area (Å²) < 4.78 is 11.0. The van der Waals surface area contributed by atoms with Gasteiger partial charge >= 0.3 is 0 Å². The van der Waals surface area contributed by atoms with E-state index in [9.17, 15) is 14.4 Å². The van der Waals surface area contributed by atoms with Crippen molar-refractivity contribution in [3.05, 3.63) is 84.4 Å². The first-order valence-electron chi connectivity index (χ1n) is 11.9. The third kappa shape index (κ3) is 4.26. The second-order valence-corrected chi connectivity index (χ2v) is 8.89. The molecule has 8 heteroatoms. The van der Waals surface area contributed by atoms with Crippen LogP contribution >= 0.6 is 0 Å². The molecule has 2 heterocycles. The Morgan fingerprint density at radius 1 is 0.972 bits per heavy atom. The van der Waals surface area contributed by atoms with Gasteiger partial charge in [0.05, 0.1) is 31.3 Å². The highest BCUT2D eigenvalue weighted by atomic mass is 16.5. The summed E-state index contributed by atoms with van der Waals surface area (Å²) >= 11 is 0. The van der Waals surface area contributed by atoms with Crippen LogP contribution in [0.4, 0.5) is 11.4 Å². The minimum absolute atomic E-state index is 0.0136. The highest BCUT2D eigenvalue weighted by molar-refractivity contribution is 6.02. The Hall–Kier alpha value is -4.33. The number of primary amides is 1. The van der Waals surface area contributed by atoms with E-state index in [0.717, 1.165) is 5.56 Å². The first kappa shape index (κ1) is 23.4. The number of piperidine rings is 1. The number of ether oxygens (including phenoxy) is 2. The number of anilines is 2. The Labute approximate surface area is 209 Å². The standard InChI is InChI=1S/C28H27N3O5/c1-35-20-13-11-19(12-14-20)31-25(32)16-15-21(26(31)18-7-3-2-4-8-18)28(34)30-17-24(27(29)33)36-23-10-6-5-9-22(23)30/h2-14,21,24,26H,15-17H2,1H3,(H2,29,33)/t21-,24-,26+/m0/s1. The lowest BCUT2D eigenvalue weighted by molar-refractivity contribution is -0.128. The predicted molar refractivity (Wildman–Crippen MR) is 135 cm³/mol. The molecule has 5 rings (SSSR count). The molecule has 0 radical (unpaired) electrons. The minimum Gasteiger partial charge on any atom is -0.497 e. The van der Waals surface area contributed by atoms with Crippen molar-refractivity contribution in [1.82, 2.24) is 0 Å². The molecule has 3 aromatic rings. The monoisotopic (exact) mass is 485 g/mol. The van der Waals surface area contributed by atoms with Crippen molar-refractivity contribution in [2.75, 3.05) is 23.5 Å². The number of hydrogen-bond donors (Lipinski definition) is 1. The van der Waals surface area contributed by atoms with Gasteiger partial charge in [-0.05, 0) is 48.4 Å². The molecule has 8 nitrogen and oxygen atoms in total. The molecular formula is C28H27N3O5. The van der Waals surface area contributed by atoms with Gasteiger partial charge in [0, 0.05) is 12.1 Å². The van der Waals surface area contributed by atoms with Gasteiger partial charge < -0.3 is 25.0 Å². The molecule has 3 aromatic carbocycles.